The topological polar surface area (TPSA) is 73.9 Å². The van der Waals surface area contributed by atoms with E-state index in [0.29, 0.717) is 22.7 Å². The molecule has 24 heavy (non-hydrogen) atoms. The standard InChI is InChI=1S/C18H15NO5/c1-22-18(21)13-5-2-12(3-6-13)4-9-17(20)19-14-7-8-15-16(10-14)24-11-23-15/h2-10H,11H2,1H3,(H,19,20). The first-order chi connectivity index (χ1) is 11.7. The Balaban J connectivity index is 1.62. The number of rotatable bonds is 4. The minimum absolute atomic E-state index is 0.189. The third kappa shape index (κ3) is 3.55. The number of carbonyl (C=O) groups is 2. The van der Waals surface area contributed by atoms with Crippen LogP contribution in [0.25, 0.3) is 6.08 Å². The van der Waals surface area contributed by atoms with Gasteiger partial charge in [0.1, 0.15) is 0 Å². The van der Waals surface area contributed by atoms with Crippen LogP contribution in [0.1, 0.15) is 15.9 Å². The summed E-state index contributed by atoms with van der Waals surface area (Å²) < 4.78 is 15.1. The highest BCUT2D eigenvalue weighted by Gasteiger charge is 2.13. The summed E-state index contributed by atoms with van der Waals surface area (Å²) in [5.74, 6) is 0.599. The monoisotopic (exact) mass is 325 g/mol. The van der Waals surface area contributed by atoms with E-state index >= 15 is 0 Å². The van der Waals surface area contributed by atoms with Crippen molar-refractivity contribution in [3.05, 3.63) is 59.7 Å². The van der Waals surface area contributed by atoms with Crippen LogP contribution in [0.5, 0.6) is 11.5 Å². The molecule has 2 aromatic rings. The van der Waals surface area contributed by atoms with Crippen LogP contribution in [0, 0.1) is 0 Å². The predicted molar refractivity (Wildman–Crippen MR) is 88.0 cm³/mol. The molecule has 1 aliphatic heterocycles. The van der Waals surface area contributed by atoms with Gasteiger partial charge in [-0.1, -0.05) is 12.1 Å². The zero-order valence-corrected chi connectivity index (χ0v) is 12.9. The smallest absolute Gasteiger partial charge is 0.337 e. The van der Waals surface area contributed by atoms with Gasteiger partial charge in [0.05, 0.1) is 12.7 Å². The third-order valence-electron chi connectivity index (χ3n) is 3.40. The lowest BCUT2D eigenvalue weighted by Gasteiger charge is -2.03. The number of fused-ring (bicyclic) bond motifs is 1. The zero-order valence-electron chi connectivity index (χ0n) is 12.9. The van der Waals surface area contributed by atoms with Gasteiger partial charge in [-0.15, -0.1) is 0 Å². The summed E-state index contributed by atoms with van der Waals surface area (Å²) in [6, 6.07) is 11.9. The van der Waals surface area contributed by atoms with Gasteiger partial charge in [-0.05, 0) is 35.9 Å². The van der Waals surface area contributed by atoms with Crippen molar-refractivity contribution in [3.63, 3.8) is 0 Å². The fourth-order valence-electron chi connectivity index (χ4n) is 2.18. The van der Waals surface area contributed by atoms with Gasteiger partial charge >= 0.3 is 5.97 Å². The van der Waals surface area contributed by atoms with Crippen LogP contribution < -0.4 is 14.8 Å². The lowest BCUT2D eigenvalue weighted by molar-refractivity contribution is -0.111. The maximum absolute atomic E-state index is 12.0. The van der Waals surface area contributed by atoms with Gasteiger partial charge < -0.3 is 19.5 Å². The molecule has 0 aromatic heterocycles. The van der Waals surface area contributed by atoms with Gasteiger partial charge in [0.2, 0.25) is 12.7 Å². The van der Waals surface area contributed by atoms with Crippen LogP contribution in [0.15, 0.2) is 48.5 Å². The normalized spacial score (nSPS) is 12.2. The number of nitrogens with one attached hydrogen (secondary N) is 1. The van der Waals surface area contributed by atoms with E-state index in [9.17, 15) is 9.59 Å². The molecule has 0 fully saturated rings. The van der Waals surface area contributed by atoms with Crippen LogP contribution in [0.4, 0.5) is 5.69 Å². The second-order valence-corrected chi connectivity index (χ2v) is 5.00. The average molecular weight is 325 g/mol. The SMILES string of the molecule is COC(=O)c1ccc(C=CC(=O)Nc2ccc3c(c2)OCO3)cc1. The first-order valence-corrected chi connectivity index (χ1v) is 7.23. The number of amides is 1. The highest BCUT2D eigenvalue weighted by atomic mass is 16.7. The molecule has 3 rings (SSSR count). The molecule has 0 radical (unpaired) electrons. The molecule has 1 N–H and O–H groups in total. The summed E-state index contributed by atoms with van der Waals surface area (Å²) in [4.78, 5) is 23.3. The summed E-state index contributed by atoms with van der Waals surface area (Å²) in [6.07, 6.45) is 3.07. The molecule has 122 valence electrons. The molecule has 2 aromatic carbocycles. The van der Waals surface area contributed by atoms with Gasteiger partial charge in [0.25, 0.3) is 0 Å². The third-order valence-corrected chi connectivity index (χ3v) is 3.40. The van der Waals surface area contributed by atoms with E-state index in [2.05, 4.69) is 10.1 Å². The predicted octanol–water partition coefficient (Wildman–Crippen LogP) is 2.85. The van der Waals surface area contributed by atoms with Gasteiger partial charge in [-0.2, -0.15) is 0 Å². The van der Waals surface area contributed by atoms with E-state index in [-0.39, 0.29) is 12.7 Å². The number of benzene rings is 2. The molecule has 0 unspecified atom stereocenters. The van der Waals surface area contributed by atoms with Crippen molar-refractivity contribution < 1.29 is 23.8 Å². The molecule has 0 saturated carbocycles. The lowest BCUT2D eigenvalue weighted by Crippen LogP contribution is -2.07. The van der Waals surface area contributed by atoms with Crippen molar-refractivity contribution in [2.45, 2.75) is 0 Å². The van der Waals surface area contributed by atoms with E-state index in [1.165, 1.54) is 13.2 Å². The number of methoxy groups -OCH3 is 1. The van der Waals surface area contributed by atoms with Crippen molar-refractivity contribution in [2.24, 2.45) is 0 Å². The average Bonchev–Trinajstić information content (AvgIpc) is 3.07. The number of hydrogen-bond donors (Lipinski definition) is 1. The first-order valence-electron chi connectivity index (χ1n) is 7.23. The number of carbonyl (C=O) groups excluding carboxylic acids is 2. The minimum atomic E-state index is -0.397. The number of hydrogen-bond acceptors (Lipinski definition) is 5. The summed E-state index contributed by atoms with van der Waals surface area (Å²) >= 11 is 0. The van der Waals surface area contributed by atoms with E-state index in [4.69, 9.17) is 9.47 Å². The molecule has 0 saturated heterocycles. The molecule has 0 spiro atoms. The summed E-state index contributed by atoms with van der Waals surface area (Å²) in [6.45, 7) is 0.189. The summed E-state index contributed by atoms with van der Waals surface area (Å²) in [7, 11) is 1.33. The van der Waals surface area contributed by atoms with Crippen molar-refractivity contribution >= 4 is 23.6 Å². The molecular weight excluding hydrogens is 310 g/mol. The molecular formula is C18H15NO5. The number of anilines is 1. The molecule has 1 aliphatic rings. The van der Waals surface area contributed by atoms with Crippen molar-refractivity contribution in [1.82, 2.24) is 0 Å². The maximum atomic E-state index is 12.0. The van der Waals surface area contributed by atoms with E-state index in [0.717, 1.165) is 5.56 Å². The lowest BCUT2D eigenvalue weighted by atomic mass is 10.1. The van der Waals surface area contributed by atoms with Gasteiger partial charge in [-0.25, -0.2) is 4.79 Å². The molecule has 6 nitrogen and oxygen atoms in total. The summed E-state index contributed by atoms with van der Waals surface area (Å²) in [5, 5.41) is 2.75. The highest BCUT2D eigenvalue weighted by Crippen LogP contribution is 2.34. The van der Waals surface area contributed by atoms with E-state index in [1.807, 2.05) is 0 Å². The molecule has 0 atom stereocenters. The van der Waals surface area contributed by atoms with Gasteiger partial charge in [0, 0.05) is 17.8 Å². The van der Waals surface area contributed by atoms with E-state index in [1.54, 1.807) is 48.5 Å². The van der Waals surface area contributed by atoms with E-state index < -0.39 is 5.97 Å². The van der Waals surface area contributed by atoms with Crippen LogP contribution in [0.2, 0.25) is 0 Å². The molecule has 1 amide bonds. The minimum Gasteiger partial charge on any atom is -0.465 e. The Morgan fingerprint density at radius 2 is 1.83 bits per heavy atom. The quantitative estimate of drug-likeness (QED) is 0.691. The first kappa shape index (κ1) is 15.6. The Hall–Kier alpha value is -3.28. The maximum Gasteiger partial charge on any atom is 0.337 e. The Bertz CT molecular complexity index is 796. The second-order valence-electron chi connectivity index (χ2n) is 5.00. The second kappa shape index (κ2) is 6.87. The molecule has 1 heterocycles. The highest BCUT2D eigenvalue weighted by molar-refractivity contribution is 6.02. The van der Waals surface area contributed by atoms with Crippen LogP contribution >= 0.6 is 0 Å². The Kier molecular flexibility index (Phi) is 4.47. The Morgan fingerprint density at radius 1 is 1.08 bits per heavy atom. The Labute approximate surface area is 138 Å². The van der Waals surface area contributed by atoms with Crippen LogP contribution in [0.3, 0.4) is 0 Å². The van der Waals surface area contributed by atoms with Crippen LogP contribution in [-0.2, 0) is 9.53 Å². The fourth-order valence-corrected chi connectivity index (χ4v) is 2.18. The van der Waals surface area contributed by atoms with Gasteiger partial charge in [0.15, 0.2) is 11.5 Å². The van der Waals surface area contributed by atoms with Crippen molar-refractivity contribution in [3.8, 4) is 11.5 Å². The number of esters is 1. The van der Waals surface area contributed by atoms with Gasteiger partial charge in [-0.3, -0.25) is 4.79 Å². The molecule has 0 bridgehead atoms. The molecule has 0 aliphatic carbocycles. The van der Waals surface area contributed by atoms with Crippen LogP contribution in [-0.4, -0.2) is 25.8 Å². The van der Waals surface area contributed by atoms with Crippen molar-refractivity contribution in [1.29, 1.82) is 0 Å². The van der Waals surface area contributed by atoms with Crippen molar-refractivity contribution in [2.75, 3.05) is 19.2 Å². The Morgan fingerprint density at radius 3 is 2.58 bits per heavy atom. The largest absolute Gasteiger partial charge is 0.465 e. The molecule has 6 heteroatoms. The fraction of sp³-hybridized carbons (Fsp3) is 0.111. The zero-order chi connectivity index (χ0) is 16.9. The summed E-state index contributed by atoms with van der Waals surface area (Å²) in [5.41, 5.74) is 1.87. The number of ether oxygens (including phenoxy) is 3.